The SMILES string of the molecule is Cc1ccc(C(C)C)cc1-c1ncsc1C#N. The molecule has 3 heteroatoms. The molecule has 17 heavy (non-hydrogen) atoms. The van der Waals surface area contributed by atoms with Crippen LogP contribution < -0.4 is 0 Å². The number of rotatable bonds is 2. The summed E-state index contributed by atoms with van der Waals surface area (Å²) in [6.45, 7) is 6.39. The number of aromatic nitrogens is 1. The Labute approximate surface area is 106 Å². The summed E-state index contributed by atoms with van der Waals surface area (Å²) in [6, 6.07) is 8.60. The number of hydrogen-bond acceptors (Lipinski definition) is 3. The number of nitrogens with zero attached hydrogens (tertiary/aromatic N) is 2. The molecule has 1 aromatic carbocycles. The van der Waals surface area contributed by atoms with Gasteiger partial charge in [0.15, 0.2) is 0 Å². The van der Waals surface area contributed by atoms with Crippen LogP contribution in [0.15, 0.2) is 23.7 Å². The lowest BCUT2D eigenvalue weighted by Gasteiger charge is -2.10. The van der Waals surface area contributed by atoms with Gasteiger partial charge in [0, 0.05) is 5.56 Å². The Morgan fingerprint density at radius 2 is 2.12 bits per heavy atom. The van der Waals surface area contributed by atoms with Crippen LogP contribution in [0, 0.1) is 18.3 Å². The molecular weight excluding hydrogens is 228 g/mol. The van der Waals surface area contributed by atoms with Crippen LogP contribution in [-0.2, 0) is 0 Å². The second-order valence-corrected chi connectivity index (χ2v) is 5.23. The fourth-order valence-corrected chi connectivity index (χ4v) is 2.36. The maximum absolute atomic E-state index is 9.06. The minimum absolute atomic E-state index is 0.485. The van der Waals surface area contributed by atoms with Gasteiger partial charge in [-0.1, -0.05) is 26.0 Å². The molecule has 1 aromatic heterocycles. The molecule has 2 rings (SSSR count). The molecule has 0 atom stereocenters. The summed E-state index contributed by atoms with van der Waals surface area (Å²) in [7, 11) is 0. The van der Waals surface area contributed by atoms with Crippen LogP contribution in [-0.4, -0.2) is 4.98 Å². The molecule has 0 bridgehead atoms. The van der Waals surface area contributed by atoms with Crippen molar-refractivity contribution in [3.05, 3.63) is 39.7 Å². The zero-order valence-corrected chi connectivity index (χ0v) is 11.0. The third-order valence-electron chi connectivity index (χ3n) is 2.85. The Morgan fingerprint density at radius 1 is 1.35 bits per heavy atom. The molecule has 2 nitrogen and oxygen atoms in total. The van der Waals surface area contributed by atoms with Crippen molar-refractivity contribution in [2.24, 2.45) is 0 Å². The Morgan fingerprint density at radius 3 is 2.76 bits per heavy atom. The lowest BCUT2D eigenvalue weighted by Crippen LogP contribution is -1.92. The van der Waals surface area contributed by atoms with Crippen LogP contribution in [0.5, 0.6) is 0 Å². The largest absolute Gasteiger partial charge is 0.243 e. The summed E-state index contributed by atoms with van der Waals surface area (Å²) in [6.07, 6.45) is 0. The molecule has 0 amide bonds. The molecule has 0 N–H and O–H groups in total. The fraction of sp³-hybridized carbons (Fsp3) is 0.286. The number of hydrogen-bond donors (Lipinski definition) is 0. The first-order valence-corrected chi connectivity index (χ1v) is 6.46. The van der Waals surface area contributed by atoms with Crippen molar-refractivity contribution >= 4 is 11.3 Å². The standard InChI is InChI=1S/C14H14N2S/c1-9(2)11-5-4-10(3)12(6-11)14-13(7-15)17-8-16-14/h4-6,8-9H,1-3H3. The normalized spacial score (nSPS) is 10.5. The van der Waals surface area contributed by atoms with Gasteiger partial charge in [0.2, 0.25) is 0 Å². The molecule has 0 aliphatic carbocycles. The van der Waals surface area contributed by atoms with E-state index in [9.17, 15) is 0 Å². The van der Waals surface area contributed by atoms with E-state index in [2.05, 4.69) is 50.0 Å². The van der Waals surface area contributed by atoms with Crippen molar-refractivity contribution in [3.8, 4) is 17.3 Å². The van der Waals surface area contributed by atoms with Crippen molar-refractivity contribution in [1.82, 2.24) is 4.98 Å². The fourth-order valence-electron chi connectivity index (χ4n) is 1.77. The van der Waals surface area contributed by atoms with Gasteiger partial charge in [-0.25, -0.2) is 4.98 Å². The van der Waals surface area contributed by atoms with Crippen molar-refractivity contribution in [2.75, 3.05) is 0 Å². The molecule has 2 aromatic rings. The lowest BCUT2D eigenvalue weighted by atomic mass is 9.96. The van der Waals surface area contributed by atoms with E-state index < -0.39 is 0 Å². The summed E-state index contributed by atoms with van der Waals surface area (Å²) < 4.78 is 0. The Balaban J connectivity index is 2.59. The minimum atomic E-state index is 0.485. The molecule has 0 radical (unpaired) electrons. The highest BCUT2D eigenvalue weighted by Gasteiger charge is 2.12. The van der Waals surface area contributed by atoms with Crippen molar-refractivity contribution < 1.29 is 0 Å². The number of benzene rings is 1. The van der Waals surface area contributed by atoms with Crippen LogP contribution >= 0.6 is 11.3 Å². The highest BCUT2D eigenvalue weighted by Crippen LogP contribution is 2.30. The maximum atomic E-state index is 9.06. The van der Waals surface area contributed by atoms with E-state index in [-0.39, 0.29) is 0 Å². The van der Waals surface area contributed by atoms with Gasteiger partial charge >= 0.3 is 0 Å². The highest BCUT2D eigenvalue weighted by atomic mass is 32.1. The summed E-state index contributed by atoms with van der Waals surface area (Å²) in [4.78, 5) is 5.00. The smallest absolute Gasteiger partial charge is 0.132 e. The van der Waals surface area contributed by atoms with Gasteiger partial charge in [-0.05, 0) is 30.0 Å². The molecule has 0 saturated carbocycles. The highest BCUT2D eigenvalue weighted by molar-refractivity contribution is 7.10. The summed E-state index contributed by atoms with van der Waals surface area (Å²) >= 11 is 1.40. The third kappa shape index (κ3) is 2.22. The van der Waals surface area contributed by atoms with E-state index in [0.717, 1.165) is 16.8 Å². The quantitative estimate of drug-likeness (QED) is 0.794. The molecule has 0 fully saturated rings. The van der Waals surface area contributed by atoms with Crippen LogP contribution in [0.2, 0.25) is 0 Å². The van der Waals surface area contributed by atoms with Crippen LogP contribution in [0.1, 0.15) is 35.8 Å². The van der Waals surface area contributed by atoms with Gasteiger partial charge in [-0.15, -0.1) is 11.3 Å². The van der Waals surface area contributed by atoms with Crippen LogP contribution in [0.25, 0.3) is 11.3 Å². The second kappa shape index (κ2) is 4.68. The number of thiazole rings is 1. The average molecular weight is 242 g/mol. The van der Waals surface area contributed by atoms with Gasteiger partial charge in [-0.2, -0.15) is 5.26 Å². The average Bonchev–Trinajstić information content (AvgIpc) is 2.77. The first-order chi connectivity index (χ1) is 8.13. The van der Waals surface area contributed by atoms with E-state index >= 15 is 0 Å². The van der Waals surface area contributed by atoms with E-state index in [1.54, 1.807) is 5.51 Å². The predicted octanol–water partition coefficient (Wildman–Crippen LogP) is 4.11. The van der Waals surface area contributed by atoms with Crippen molar-refractivity contribution in [1.29, 1.82) is 5.26 Å². The zero-order chi connectivity index (χ0) is 12.4. The van der Waals surface area contributed by atoms with Crippen LogP contribution in [0.4, 0.5) is 0 Å². The summed E-state index contributed by atoms with van der Waals surface area (Å²) in [5.74, 6) is 0.485. The molecular formula is C14H14N2S. The van der Waals surface area contributed by atoms with Gasteiger partial charge in [0.25, 0.3) is 0 Å². The first-order valence-electron chi connectivity index (χ1n) is 5.58. The van der Waals surface area contributed by atoms with Crippen molar-refractivity contribution in [2.45, 2.75) is 26.7 Å². The Bertz CT molecular complexity index is 576. The summed E-state index contributed by atoms with van der Waals surface area (Å²) in [5, 5.41) is 9.06. The molecule has 86 valence electrons. The van der Waals surface area contributed by atoms with Crippen molar-refractivity contribution in [3.63, 3.8) is 0 Å². The maximum Gasteiger partial charge on any atom is 0.132 e. The molecule has 0 saturated heterocycles. The Kier molecular flexibility index (Phi) is 3.26. The van der Waals surface area contributed by atoms with E-state index in [4.69, 9.17) is 5.26 Å². The first kappa shape index (κ1) is 11.8. The van der Waals surface area contributed by atoms with E-state index in [0.29, 0.717) is 10.8 Å². The van der Waals surface area contributed by atoms with Gasteiger partial charge in [0.05, 0.1) is 11.2 Å². The third-order valence-corrected chi connectivity index (χ3v) is 3.58. The van der Waals surface area contributed by atoms with Gasteiger partial charge < -0.3 is 0 Å². The molecule has 0 aliphatic heterocycles. The van der Waals surface area contributed by atoms with Gasteiger partial charge in [0.1, 0.15) is 10.9 Å². The number of aryl methyl sites for hydroxylation is 1. The Hall–Kier alpha value is -1.66. The minimum Gasteiger partial charge on any atom is -0.243 e. The zero-order valence-electron chi connectivity index (χ0n) is 10.2. The molecule has 1 heterocycles. The monoisotopic (exact) mass is 242 g/mol. The predicted molar refractivity (Wildman–Crippen MR) is 71.1 cm³/mol. The van der Waals surface area contributed by atoms with Gasteiger partial charge in [-0.3, -0.25) is 0 Å². The molecule has 0 aliphatic rings. The number of nitriles is 1. The van der Waals surface area contributed by atoms with E-state index in [1.165, 1.54) is 16.9 Å². The summed E-state index contributed by atoms with van der Waals surface area (Å²) in [5.41, 5.74) is 6.07. The van der Waals surface area contributed by atoms with E-state index in [1.807, 2.05) is 0 Å². The molecule has 0 unspecified atom stereocenters. The lowest BCUT2D eigenvalue weighted by molar-refractivity contribution is 0.866. The topological polar surface area (TPSA) is 36.7 Å². The van der Waals surface area contributed by atoms with Crippen LogP contribution in [0.3, 0.4) is 0 Å². The molecule has 0 spiro atoms. The second-order valence-electron chi connectivity index (χ2n) is 4.37.